The number of hydrogen-bond acceptors (Lipinski definition) is 2. The van der Waals surface area contributed by atoms with E-state index in [4.69, 9.17) is 5.73 Å². The normalized spacial score (nSPS) is 16.9. The summed E-state index contributed by atoms with van der Waals surface area (Å²) >= 11 is 0. The number of likely N-dealkylation sites (N-methyl/N-ethyl adjacent to an activating group) is 1. The Balaban J connectivity index is 1.84. The van der Waals surface area contributed by atoms with Crippen LogP contribution in [0.3, 0.4) is 0 Å². The molecule has 2 N–H and O–H groups in total. The van der Waals surface area contributed by atoms with Crippen molar-refractivity contribution in [2.75, 3.05) is 13.6 Å². The standard InChI is InChI=1S/C13H18N2O/c1-15(12(16)13(14)8-9-13)10-7-11-5-3-2-4-6-11/h2-6H,7-10,14H2,1H3. The van der Waals surface area contributed by atoms with Crippen molar-refractivity contribution in [1.29, 1.82) is 0 Å². The second-order valence-corrected chi connectivity index (χ2v) is 4.62. The second-order valence-electron chi connectivity index (χ2n) is 4.62. The van der Waals surface area contributed by atoms with Crippen molar-refractivity contribution in [3.05, 3.63) is 35.9 Å². The highest BCUT2D eigenvalue weighted by Crippen LogP contribution is 2.33. The van der Waals surface area contributed by atoms with Crippen LogP contribution in [-0.2, 0) is 11.2 Å². The Kier molecular flexibility index (Phi) is 2.97. The van der Waals surface area contributed by atoms with Gasteiger partial charge in [-0.1, -0.05) is 30.3 Å². The minimum atomic E-state index is -0.536. The first-order valence-corrected chi connectivity index (χ1v) is 5.70. The van der Waals surface area contributed by atoms with Crippen molar-refractivity contribution in [2.45, 2.75) is 24.8 Å². The van der Waals surface area contributed by atoms with Crippen LogP contribution in [0.15, 0.2) is 30.3 Å². The van der Waals surface area contributed by atoms with Gasteiger partial charge in [0.15, 0.2) is 0 Å². The maximum atomic E-state index is 11.8. The molecule has 2 rings (SSSR count). The zero-order chi connectivity index (χ0) is 11.6. The Morgan fingerprint density at radius 3 is 2.56 bits per heavy atom. The van der Waals surface area contributed by atoms with E-state index in [1.165, 1.54) is 5.56 Å². The van der Waals surface area contributed by atoms with Crippen molar-refractivity contribution in [3.63, 3.8) is 0 Å². The first-order chi connectivity index (χ1) is 7.62. The molecule has 1 aliphatic rings. The van der Waals surface area contributed by atoms with Crippen molar-refractivity contribution in [2.24, 2.45) is 5.73 Å². The highest BCUT2D eigenvalue weighted by atomic mass is 16.2. The summed E-state index contributed by atoms with van der Waals surface area (Å²) in [7, 11) is 1.83. The summed E-state index contributed by atoms with van der Waals surface area (Å²) in [6.07, 6.45) is 2.56. The van der Waals surface area contributed by atoms with Gasteiger partial charge >= 0.3 is 0 Å². The summed E-state index contributed by atoms with van der Waals surface area (Å²) in [4.78, 5) is 13.6. The number of carbonyl (C=O) groups is 1. The maximum absolute atomic E-state index is 11.8. The molecule has 0 spiro atoms. The lowest BCUT2D eigenvalue weighted by molar-refractivity contribution is -0.132. The molecule has 86 valence electrons. The first-order valence-electron chi connectivity index (χ1n) is 5.70. The van der Waals surface area contributed by atoms with E-state index in [-0.39, 0.29) is 5.91 Å². The van der Waals surface area contributed by atoms with Crippen LogP contribution in [0.25, 0.3) is 0 Å². The fourth-order valence-electron chi connectivity index (χ4n) is 1.77. The van der Waals surface area contributed by atoms with Gasteiger partial charge in [0.1, 0.15) is 0 Å². The van der Waals surface area contributed by atoms with E-state index in [9.17, 15) is 4.79 Å². The average Bonchev–Trinajstić information content (AvgIpc) is 3.06. The Morgan fingerprint density at radius 2 is 2.00 bits per heavy atom. The van der Waals surface area contributed by atoms with Gasteiger partial charge in [-0.25, -0.2) is 0 Å². The summed E-state index contributed by atoms with van der Waals surface area (Å²) in [6.45, 7) is 0.738. The Labute approximate surface area is 96.2 Å². The van der Waals surface area contributed by atoms with E-state index in [2.05, 4.69) is 12.1 Å². The van der Waals surface area contributed by atoms with E-state index in [0.717, 1.165) is 25.8 Å². The van der Waals surface area contributed by atoms with E-state index in [1.54, 1.807) is 4.90 Å². The van der Waals surface area contributed by atoms with Gasteiger partial charge in [-0.3, -0.25) is 4.79 Å². The largest absolute Gasteiger partial charge is 0.344 e. The van der Waals surface area contributed by atoms with Gasteiger partial charge in [-0.15, -0.1) is 0 Å². The number of carbonyl (C=O) groups excluding carboxylic acids is 1. The molecule has 0 aliphatic heterocycles. The van der Waals surface area contributed by atoms with E-state index in [1.807, 2.05) is 25.2 Å². The van der Waals surface area contributed by atoms with Crippen LogP contribution >= 0.6 is 0 Å². The summed E-state index contributed by atoms with van der Waals surface area (Å²) in [5.41, 5.74) is 6.59. The van der Waals surface area contributed by atoms with Crippen LogP contribution in [0, 0.1) is 0 Å². The summed E-state index contributed by atoms with van der Waals surface area (Å²) in [6, 6.07) is 10.2. The molecule has 3 nitrogen and oxygen atoms in total. The molecule has 0 bridgehead atoms. The quantitative estimate of drug-likeness (QED) is 0.825. The van der Waals surface area contributed by atoms with Crippen molar-refractivity contribution < 1.29 is 4.79 Å². The third-order valence-electron chi connectivity index (χ3n) is 3.14. The van der Waals surface area contributed by atoms with Gasteiger partial charge in [0, 0.05) is 13.6 Å². The fourth-order valence-corrected chi connectivity index (χ4v) is 1.77. The molecule has 1 aliphatic carbocycles. The van der Waals surface area contributed by atoms with Crippen LogP contribution < -0.4 is 5.73 Å². The Bertz CT molecular complexity index is 371. The molecule has 0 heterocycles. The number of benzene rings is 1. The molecule has 16 heavy (non-hydrogen) atoms. The average molecular weight is 218 g/mol. The smallest absolute Gasteiger partial charge is 0.242 e. The van der Waals surface area contributed by atoms with E-state index >= 15 is 0 Å². The van der Waals surface area contributed by atoms with Gasteiger partial charge in [-0.05, 0) is 24.8 Å². The predicted molar refractivity (Wildman–Crippen MR) is 63.9 cm³/mol. The molecular formula is C13H18N2O. The number of amides is 1. The van der Waals surface area contributed by atoms with Crippen molar-refractivity contribution in [3.8, 4) is 0 Å². The molecule has 1 amide bonds. The molecule has 0 radical (unpaired) electrons. The second kappa shape index (κ2) is 4.26. The first kappa shape index (κ1) is 11.1. The van der Waals surface area contributed by atoms with Gasteiger partial charge < -0.3 is 10.6 Å². The number of hydrogen-bond donors (Lipinski definition) is 1. The van der Waals surface area contributed by atoms with Crippen LogP contribution in [-0.4, -0.2) is 29.9 Å². The summed E-state index contributed by atoms with van der Waals surface area (Å²) < 4.78 is 0. The van der Waals surface area contributed by atoms with Gasteiger partial charge in [0.05, 0.1) is 5.54 Å². The molecular weight excluding hydrogens is 200 g/mol. The number of nitrogens with two attached hydrogens (primary N) is 1. The molecule has 1 saturated carbocycles. The molecule has 1 fully saturated rings. The van der Waals surface area contributed by atoms with E-state index < -0.39 is 5.54 Å². The van der Waals surface area contributed by atoms with Crippen molar-refractivity contribution in [1.82, 2.24) is 4.90 Å². The van der Waals surface area contributed by atoms with Crippen LogP contribution in [0.1, 0.15) is 18.4 Å². The monoisotopic (exact) mass is 218 g/mol. The molecule has 0 atom stereocenters. The third-order valence-corrected chi connectivity index (χ3v) is 3.14. The minimum Gasteiger partial charge on any atom is -0.344 e. The van der Waals surface area contributed by atoms with Crippen LogP contribution in [0.4, 0.5) is 0 Å². The topological polar surface area (TPSA) is 46.3 Å². The lowest BCUT2D eigenvalue weighted by Gasteiger charge is -2.20. The summed E-state index contributed by atoms with van der Waals surface area (Å²) in [5, 5.41) is 0. The molecule has 1 aromatic rings. The number of nitrogens with zero attached hydrogens (tertiary/aromatic N) is 1. The predicted octanol–water partition coefficient (Wildman–Crippen LogP) is 1.18. The van der Waals surface area contributed by atoms with Gasteiger partial charge in [0.2, 0.25) is 5.91 Å². The van der Waals surface area contributed by atoms with Gasteiger partial charge in [-0.2, -0.15) is 0 Å². The molecule has 0 saturated heterocycles. The van der Waals surface area contributed by atoms with Crippen molar-refractivity contribution >= 4 is 5.91 Å². The Morgan fingerprint density at radius 1 is 1.38 bits per heavy atom. The maximum Gasteiger partial charge on any atom is 0.242 e. The van der Waals surface area contributed by atoms with Gasteiger partial charge in [0.25, 0.3) is 0 Å². The molecule has 0 unspecified atom stereocenters. The molecule has 3 heteroatoms. The summed E-state index contributed by atoms with van der Waals surface area (Å²) in [5.74, 6) is 0.0865. The zero-order valence-corrected chi connectivity index (χ0v) is 9.65. The number of rotatable bonds is 4. The fraction of sp³-hybridized carbons (Fsp3) is 0.462. The highest BCUT2D eigenvalue weighted by Gasteiger charge is 2.47. The third kappa shape index (κ3) is 2.42. The van der Waals surface area contributed by atoms with Crippen LogP contribution in [0.5, 0.6) is 0 Å². The molecule has 0 aromatic heterocycles. The molecule has 1 aromatic carbocycles. The lowest BCUT2D eigenvalue weighted by atomic mass is 10.1. The highest BCUT2D eigenvalue weighted by molar-refractivity contribution is 5.88. The van der Waals surface area contributed by atoms with E-state index in [0.29, 0.717) is 0 Å². The van der Waals surface area contributed by atoms with Crippen LogP contribution in [0.2, 0.25) is 0 Å². The zero-order valence-electron chi connectivity index (χ0n) is 9.65. The minimum absolute atomic E-state index is 0.0865. The Hall–Kier alpha value is -1.35. The lowest BCUT2D eigenvalue weighted by Crippen LogP contribution is -2.44. The SMILES string of the molecule is CN(CCc1ccccc1)C(=O)C1(N)CC1.